The van der Waals surface area contributed by atoms with E-state index >= 15 is 0 Å². The lowest BCUT2D eigenvalue weighted by Crippen LogP contribution is -2.32. The van der Waals surface area contributed by atoms with Crippen LogP contribution in [0.2, 0.25) is 0 Å². The lowest BCUT2D eigenvalue weighted by atomic mass is 9.93. The zero-order valence-corrected chi connectivity index (χ0v) is 17.4. The van der Waals surface area contributed by atoms with Gasteiger partial charge in [0, 0.05) is 24.7 Å². The second kappa shape index (κ2) is 9.46. The Labute approximate surface area is 166 Å². The van der Waals surface area contributed by atoms with Crippen LogP contribution in [-0.2, 0) is 0 Å². The van der Waals surface area contributed by atoms with Crippen molar-refractivity contribution in [3.63, 3.8) is 0 Å². The smallest absolute Gasteiger partial charge is 0.257 e. The summed E-state index contributed by atoms with van der Waals surface area (Å²) in [4.78, 5) is 14.9. The van der Waals surface area contributed by atoms with Crippen molar-refractivity contribution in [1.29, 1.82) is 0 Å². The highest BCUT2D eigenvalue weighted by Gasteiger charge is 2.27. The monoisotopic (exact) mass is 387 g/mol. The second-order valence-corrected chi connectivity index (χ2v) is 6.46. The van der Waals surface area contributed by atoms with Gasteiger partial charge in [0.2, 0.25) is 0 Å². The first-order chi connectivity index (χ1) is 13.4. The van der Waals surface area contributed by atoms with Gasteiger partial charge in [-0.25, -0.2) is 0 Å². The molecule has 0 heterocycles. The molecule has 6 heteroatoms. The van der Waals surface area contributed by atoms with Crippen molar-refractivity contribution in [2.45, 2.75) is 26.9 Å². The van der Waals surface area contributed by atoms with Gasteiger partial charge in [0.25, 0.3) is 5.91 Å². The Morgan fingerprint density at radius 1 is 0.964 bits per heavy atom. The molecule has 28 heavy (non-hydrogen) atoms. The van der Waals surface area contributed by atoms with E-state index in [1.807, 2.05) is 26.8 Å². The molecule has 0 aromatic heterocycles. The molecule has 2 aromatic rings. The van der Waals surface area contributed by atoms with Gasteiger partial charge in [-0.1, -0.05) is 6.07 Å². The molecular weight excluding hydrogens is 358 g/mol. The fourth-order valence-corrected chi connectivity index (χ4v) is 3.22. The topological polar surface area (TPSA) is 68.2 Å². The number of methoxy groups -OCH3 is 3. The van der Waals surface area contributed by atoms with Crippen LogP contribution >= 0.6 is 0 Å². The van der Waals surface area contributed by atoms with Crippen molar-refractivity contribution in [3.05, 3.63) is 52.6 Å². The van der Waals surface area contributed by atoms with Crippen molar-refractivity contribution < 1.29 is 24.1 Å². The van der Waals surface area contributed by atoms with Crippen LogP contribution in [0.3, 0.4) is 0 Å². The molecule has 0 aliphatic carbocycles. The number of benzene rings is 2. The van der Waals surface area contributed by atoms with Crippen LogP contribution in [0.5, 0.6) is 17.2 Å². The Bertz CT molecular complexity index is 808. The van der Waals surface area contributed by atoms with Crippen molar-refractivity contribution in [2.24, 2.45) is 0 Å². The van der Waals surface area contributed by atoms with E-state index in [4.69, 9.17) is 14.2 Å². The third kappa shape index (κ3) is 4.39. The van der Waals surface area contributed by atoms with Crippen molar-refractivity contribution in [1.82, 2.24) is 4.90 Å². The van der Waals surface area contributed by atoms with Crippen LogP contribution in [0, 0.1) is 6.92 Å². The molecule has 0 aliphatic rings. The van der Waals surface area contributed by atoms with Gasteiger partial charge in [0.15, 0.2) is 0 Å². The summed E-state index contributed by atoms with van der Waals surface area (Å²) in [7, 11) is 4.63. The van der Waals surface area contributed by atoms with E-state index in [0.717, 1.165) is 5.56 Å². The summed E-state index contributed by atoms with van der Waals surface area (Å²) >= 11 is 0. The van der Waals surface area contributed by atoms with Crippen LogP contribution in [0.25, 0.3) is 0 Å². The maximum Gasteiger partial charge on any atom is 0.257 e. The number of carbonyl (C=O) groups excluding carboxylic acids is 1. The van der Waals surface area contributed by atoms with Gasteiger partial charge in [0.05, 0.1) is 26.9 Å². The number of rotatable bonds is 8. The largest absolute Gasteiger partial charge is 0.497 e. The molecule has 0 radical (unpaired) electrons. The highest BCUT2D eigenvalue weighted by atomic mass is 16.5. The number of ether oxygens (including phenoxy) is 3. The number of nitrogens with zero attached hydrogens (tertiary/aromatic N) is 1. The Hall–Kier alpha value is -2.73. The highest BCUT2D eigenvalue weighted by molar-refractivity contribution is 5.99. The first-order valence-corrected chi connectivity index (χ1v) is 9.28. The molecule has 0 fully saturated rings. The molecule has 2 rings (SSSR count). The fourth-order valence-electron chi connectivity index (χ4n) is 3.22. The summed E-state index contributed by atoms with van der Waals surface area (Å²) < 4.78 is 16.1. The molecule has 1 atom stereocenters. The molecule has 152 valence electrons. The SMILES string of the molecule is CCN(CC)C(=O)c1c(OC)cc(C)cc1C(O)c1cc(OC)cc(OC)c1. The van der Waals surface area contributed by atoms with Gasteiger partial charge in [-0.3, -0.25) is 4.79 Å². The average molecular weight is 387 g/mol. The number of amides is 1. The summed E-state index contributed by atoms with van der Waals surface area (Å²) in [6.45, 7) is 6.87. The Kier molecular flexibility index (Phi) is 7.29. The molecule has 0 saturated heterocycles. The fraction of sp³-hybridized carbons (Fsp3) is 0.409. The summed E-state index contributed by atoms with van der Waals surface area (Å²) in [6.07, 6.45) is -1.05. The molecule has 0 bridgehead atoms. The molecule has 2 aromatic carbocycles. The molecule has 6 nitrogen and oxygen atoms in total. The summed E-state index contributed by atoms with van der Waals surface area (Å²) in [5.74, 6) is 1.39. The van der Waals surface area contributed by atoms with Crippen molar-refractivity contribution in [2.75, 3.05) is 34.4 Å². The van der Waals surface area contributed by atoms with Gasteiger partial charge in [-0.05, 0) is 50.1 Å². The minimum Gasteiger partial charge on any atom is -0.497 e. The van der Waals surface area contributed by atoms with E-state index in [2.05, 4.69) is 0 Å². The number of hydrogen-bond acceptors (Lipinski definition) is 5. The van der Waals surface area contributed by atoms with E-state index < -0.39 is 6.10 Å². The summed E-state index contributed by atoms with van der Waals surface area (Å²) in [6, 6.07) is 8.81. The number of carbonyl (C=O) groups is 1. The molecule has 1 N–H and O–H groups in total. The molecule has 1 unspecified atom stereocenters. The maximum absolute atomic E-state index is 13.2. The molecule has 0 saturated carbocycles. The van der Waals surface area contributed by atoms with E-state index in [1.54, 1.807) is 43.4 Å². The first-order valence-electron chi connectivity index (χ1n) is 9.28. The van der Waals surface area contributed by atoms with E-state index in [1.165, 1.54) is 7.11 Å². The maximum atomic E-state index is 13.2. The molecule has 0 aliphatic heterocycles. The third-order valence-corrected chi connectivity index (χ3v) is 4.75. The van der Waals surface area contributed by atoms with Gasteiger partial charge >= 0.3 is 0 Å². The van der Waals surface area contributed by atoms with Gasteiger partial charge in [-0.15, -0.1) is 0 Å². The standard InChI is InChI=1S/C22H29NO5/c1-7-23(8-2)22(25)20-18(9-14(3)10-19(20)28-6)21(24)15-11-16(26-4)13-17(12-15)27-5/h9-13,21,24H,7-8H2,1-6H3. The van der Waals surface area contributed by atoms with Crippen LogP contribution < -0.4 is 14.2 Å². The second-order valence-electron chi connectivity index (χ2n) is 6.46. The van der Waals surface area contributed by atoms with Crippen LogP contribution in [0.1, 0.15) is 47.0 Å². The highest BCUT2D eigenvalue weighted by Crippen LogP contribution is 2.36. The Balaban J connectivity index is 2.67. The summed E-state index contributed by atoms with van der Waals surface area (Å²) in [5.41, 5.74) is 2.31. The molecule has 1 amide bonds. The normalized spacial score (nSPS) is 11.7. The zero-order valence-electron chi connectivity index (χ0n) is 17.4. The summed E-state index contributed by atoms with van der Waals surface area (Å²) in [5, 5.41) is 11.2. The van der Waals surface area contributed by atoms with Gasteiger partial charge < -0.3 is 24.2 Å². The zero-order chi connectivity index (χ0) is 20.8. The van der Waals surface area contributed by atoms with Crippen molar-refractivity contribution in [3.8, 4) is 17.2 Å². The number of hydrogen-bond donors (Lipinski definition) is 1. The first kappa shape index (κ1) is 21.6. The minimum atomic E-state index is -1.05. The predicted octanol–water partition coefficient (Wildman–Crippen LogP) is 3.58. The third-order valence-electron chi connectivity index (χ3n) is 4.75. The minimum absolute atomic E-state index is 0.175. The Morgan fingerprint density at radius 3 is 2.00 bits per heavy atom. The van der Waals surface area contributed by atoms with Crippen LogP contribution in [0.4, 0.5) is 0 Å². The molecular formula is C22H29NO5. The van der Waals surface area contributed by atoms with Crippen LogP contribution in [-0.4, -0.2) is 50.3 Å². The number of aliphatic hydroxyl groups excluding tert-OH is 1. The Morgan fingerprint density at radius 2 is 1.54 bits per heavy atom. The van der Waals surface area contributed by atoms with E-state index in [9.17, 15) is 9.90 Å². The lowest BCUT2D eigenvalue weighted by Gasteiger charge is -2.24. The average Bonchev–Trinajstić information content (AvgIpc) is 2.72. The quantitative estimate of drug-likeness (QED) is 0.750. The van der Waals surface area contributed by atoms with Gasteiger partial charge in [-0.2, -0.15) is 0 Å². The predicted molar refractivity (Wildman–Crippen MR) is 109 cm³/mol. The van der Waals surface area contributed by atoms with E-state index in [0.29, 0.717) is 47.0 Å². The van der Waals surface area contributed by atoms with Crippen molar-refractivity contribution >= 4 is 5.91 Å². The lowest BCUT2D eigenvalue weighted by molar-refractivity contribution is 0.0764. The number of aryl methyl sites for hydroxylation is 1. The van der Waals surface area contributed by atoms with Crippen LogP contribution in [0.15, 0.2) is 30.3 Å². The van der Waals surface area contributed by atoms with Gasteiger partial charge in [0.1, 0.15) is 23.4 Å². The number of aliphatic hydroxyl groups is 1. The van der Waals surface area contributed by atoms with E-state index in [-0.39, 0.29) is 5.91 Å². The molecule has 0 spiro atoms.